The van der Waals surface area contributed by atoms with E-state index in [0.29, 0.717) is 28.1 Å². The molecule has 0 aliphatic carbocycles. The van der Waals surface area contributed by atoms with E-state index in [1.807, 2.05) is 0 Å². The SMILES string of the molecule is COC(=O)C(Cc1ccc(N2CC(OC)=C(c3ccc(C(=N)N)cc3)C2=O)cc1)NC(C)=O.Cl. The summed E-state index contributed by atoms with van der Waals surface area (Å²) in [5.74, 6) is -0.572. The Bertz CT molecular complexity index is 1110. The minimum Gasteiger partial charge on any atom is -0.498 e. The fraction of sp³-hybridized carbons (Fsp3) is 0.250. The molecule has 0 spiro atoms. The van der Waals surface area contributed by atoms with E-state index in [1.54, 1.807) is 53.4 Å². The van der Waals surface area contributed by atoms with Gasteiger partial charge < -0.3 is 25.4 Å². The van der Waals surface area contributed by atoms with Crippen molar-refractivity contribution < 1.29 is 23.9 Å². The van der Waals surface area contributed by atoms with E-state index in [1.165, 1.54) is 21.1 Å². The summed E-state index contributed by atoms with van der Waals surface area (Å²) in [6.07, 6.45) is 0.260. The van der Waals surface area contributed by atoms with Crippen LogP contribution >= 0.6 is 12.4 Å². The molecule has 1 atom stereocenters. The molecule has 0 aromatic heterocycles. The average molecular weight is 487 g/mol. The smallest absolute Gasteiger partial charge is 0.328 e. The second-order valence-corrected chi connectivity index (χ2v) is 7.53. The molecule has 2 aromatic rings. The number of nitrogens with zero attached hydrogens (tertiary/aromatic N) is 1. The molecule has 0 fully saturated rings. The molecule has 0 bridgehead atoms. The number of carbonyl (C=O) groups is 3. The summed E-state index contributed by atoms with van der Waals surface area (Å²) in [7, 11) is 2.79. The van der Waals surface area contributed by atoms with Crippen molar-refractivity contribution in [3.63, 3.8) is 0 Å². The van der Waals surface area contributed by atoms with E-state index in [9.17, 15) is 14.4 Å². The van der Waals surface area contributed by atoms with Gasteiger partial charge in [-0.25, -0.2) is 4.79 Å². The Hall–Kier alpha value is -3.85. The van der Waals surface area contributed by atoms with Gasteiger partial charge in [0.2, 0.25) is 5.91 Å². The molecule has 180 valence electrons. The van der Waals surface area contributed by atoms with Crippen molar-refractivity contribution in [3.05, 3.63) is 71.0 Å². The standard InChI is InChI=1S/C24H26N4O5.ClH/c1-14(29)27-19(24(31)33-3)12-15-4-10-18(11-5-15)28-13-20(32-2)21(23(28)30)16-6-8-17(9-7-16)22(25)26;/h4-11,19H,12-13H2,1-3H3,(H3,25,26)(H,27,29);1H. The van der Waals surface area contributed by atoms with Crippen LogP contribution in [0.4, 0.5) is 5.69 Å². The van der Waals surface area contributed by atoms with Gasteiger partial charge in [-0.2, -0.15) is 0 Å². The number of amidine groups is 1. The number of nitrogens with one attached hydrogen (secondary N) is 2. The molecule has 0 saturated heterocycles. The molecule has 2 amide bonds. The molecule has 3 rings (SSSR count). The van der Waals surface area contributed by atoms with Crippen molar-refractivity contribution >= 4 is 47.3 Å². The number of amides is 2. The highest BCUT2D eigenvalue weighted by molar-refractivity contribution is 6.29. The minimum atomic E-state index is -0.793. The average Bonchev–Trinajstić information content (AvgIpc) is 3.14. The molecule has 1 aliphatic rings. The number of carbonyl (C=O) groups excluding carboxylic acids is 3. The highest BCUT2D eigenvalue weighted by Crippen LogP contribution is 2.32. The summed E-state index contributed by atoms with van der Waals surface area (Å²) < 4.78 is 10.2. The van der Waals surface area contributed by atoms with E-state index in [2.05, 4.69) is 5.32 Å². The monoisotopic (exact) mass is 486 g/mol. The van der Waals surface area contributed by atoms with E-state index in [4.69, 9.17) is 20.6 Å². The number of anilines is 1. The Morgan fingerprint density at radius 1 is 1.12 bits per heavy atom. The zero-order valence-electron chi connectivity index (χ0n) is 19.1. The Morgan fingerprint density at radius 3 is 2.24 bits per heavy atom. The number of nitrogens with two attached hydrogens (primary N) is 1. The fourth-order valence-corrected chi connectivity index (χ4v) is 3.65. The normalized spacial score (nSPS) is 13.7. The summed E-state index contributed by atoms with van der Waals surface area (Å²) in [6.45, 7) is 1.61. The van der Waals surface area contributed by atoms with Crippen LogP contribution in [0.1, 0.15) is 23.6 Å². The lowest BCUT2D eigenvalue weighted by Crippen LogP contribution is -2.42. The molecular formula is C24H27ClN4O5. The van der Waals surface area contributed by atoms with Gasteiger partial charge in [-0.3, -0.25) is 15.0 Å². The van der Waals surface area contributed by atoms with Gasteiger partial charge in [0, 0.05) is 24.6 Å². The van der Waals surface area contributed by atoms with Crippen molar-refractivity contribution in [2.45, 2.75) is 19.4 Å². The highest BCUT2D eigenvalue weighted by Gasteiger charge is 2.33. The molecule has 0 radical (unpaired) electrons. The van der Waals surface area contributed by atoms with Crippen molar-refractivity contribution in [1.82, 2.24) is 5.32 Å². The van der Waals surface area contributed by atoms with Crippen LogP contribution in [0.3, 0.4) is 0 Å². The zero-order chi connectivity index (χ0) is 24.1. The fourth-order valence-electron chi connectivity index (χ4n) is 3.65. The molecule has 34 heavy (non-hydrogen) atoms. The summed E-state index contributed by atoms with van der Waals surface area (Å²) >= 11 is 0. The van der Waals surface area contributed by atoms with Crippen LogP contribution in [0.5, 0.6) is 0 Å². The number of benzene rings is 2. The van der Waals surface area contributed by atoms with Crippen molar-refractivity contribution in [1.29, 1.82) is 5.41 Å². The van der Waals surface area contributed by atoms with E-state index in [-0.39, 0.29) is 43.0 Å². The number of halogens is 1. The Labute approximate surface area is 203 Å². The van der Waals surface area contributed by atoms with E-state index < -0.39 is 12.0 Å². The van der Waals surface area contributed by atoms with Crippen LogP contribution in [0.25, 0.3) is 5.57 Å². The second-order valence-electron chi connectivity index (χ2n) is 7.53. The van der Waals surface area contributed by atoms with Crippen LogP contribution in [-0.2, 0) is 30.3 Å². The minimum absolute atomic E-state index is 0. The third-order valence-corrected chi connectivity index (χ3v) is 5.32. The largest absolute Gasteiger partial charge is 0.498 e. The molecular weight excluding hydrogens is 460 g/mol. The first-order valence-corrected chi connectivity index (χ1v) is 10.2. The summed E-state index contributed by atoms with van der Waals surface area (Å²) in [5.41, 5.74) is 8.68. The van der Waals surface area contributed by atoms with Crippen LogP contribution in [-0.4, -0.2) is 50.4 Å². The topological polar surface area (TPSA) is 135 Å². The van der Waals surface area contributed by atoms with Crippen molar-refractivity contribution in [2.75, 3.05) is 25.7 Å². The van der Waals surface area contributed by atoms with Gasteiger partial charge in [0.05, 0.1) is 26.3 Å². The first kappa shape index (κ1) is 26.4. The van der Waals surface area contributed by atoms with Gasteiger partial charge in [0.1, 0.15) is 17.6 Å². The lowest BCUT2D eigenvalue weighted by Gasteiger charge is -2.19. The Kier molecular flexibility index (Phi) is 8.80. The quantitative estimate of drug-likeness (QED) is 0.297. The highest BCUT2D eigenvalue weighted by atomic mass is 35.5. The van der Waals surface area contributed by atoms with Gasteiger partial charge in [0.15, 0.2) is 0 Å². The number of esters is 1. The molecule has 2 aromatic carbocycles. The molecule has 9 nitrogen and oxygen atoms in total. The number of nitrogen functional groups attached to an aromatic ring is 1. The third-order valence-electron chi connectivity index (χ3n) is 5.32. The summed E-state index contributed by atoms with van der Waals surface area (Å²) in [6, 6.07) is 13.2. The summed E-state index contributed by atoms with van der Waals surface area (Å²) in [4.78, 5) is 38.2. The zero-order valence-corrected chi connectivity index (χ0v) is 19.9. The van der Waals surface area contributed by atoms with Gasteiger partial charge in [-0.15, -0.1) is 12.4 Å². The number of ether oxygens (including phenoxy) is 2. The molecule has 1 unspecified atom stereocenters. The van der Waals surface area contributed by atoms with Gasteiger partial charge in [0.25, 0.3) is 5.91 Å². The van der Waals surface area contributed by atoms with Crippen LogP contribution in [0.2, 0.25) is 0 Å². The number of hydrogen-bond acceptors (Lipinski definition) is 6. The maximum absolute atomic E-state index is 13.2. The summed E-state index contributed by atoms with van der Waals surface area (Å²) in [5, 5.41) is 10.1. The maximum Gasteiger partial charge on any atom is 0.328 e. The number of methoxy groups -OCH3 is 2. The molecule has 1 heterocycles. The van der Waals surface area contributed by atoms with E-state index >= 15 is 0 Å². The predicted octanol–water partition coefficient (Wildman–Crippen LogP) is 2.02. The van der Waals surface area contributed by atoms with Crippen LogP contribution in [0.15, 0.2) is 54.3 Å². The van der Waals surface area contributed by atoms with Crippen molar-refractivity contribution in [2.24, 2.45) is 5.73 Å². The molecule has 0 saturated carbocycles. The third kappa shape index (κ3) is 5.74. The maximum atomic E-state index is 13.2. The Balaban J connectivity index is 0.00000408. The van der Waals surface area contributed by atoms with Crippen LogP contribution in [0, 0.1) is 5.41 Å². The number of hydrogen-bond donors (Lipinski definition) is 3. The first-order valence-electron chi connectivity index (χ1n) is 10.2. The number of rotatable bonds is 8. The first-order chi connectivity index (χ1) is 15.7. The molecule has 1 aliphatic heterocycles. The van der Waals surface area contributed by atoms with Gasteiger partial charge >= 0.3 is 5.97 Å². The lowest BCUT2D eigenvalue weighted by atomic mass is 10.0. The van der Waals surface area contributed by atoms with Gasteiger partial charge in [-0.1, -0.05) is 36.4 Å². The predicted molar refractivity (Wildman–Crippen MR) is 131 cm³/mol. The lowest BCUT2D eigenvalue weighted by molar-refractivity contribution is -0.144. The second kappa shape index (κ2) is 11.3. The Morgan fingerprint density at radius 2 is 1.74 bits per heavy atom. The van der Waals surface area contributed by atoms with E-state index in [0.717, 1.165) is 5.56 Å². The van der Waals surface area contributed by atoms with Crippen molar-refractivity contribution in [3.8, 4) is 0 Å². The molecule has 10 heteroatoms. The van der Waals surface area contributed by atoms with Gasteiger partial charge in [-0.05, 0) is 23.3 Å². The molecule has 4 N–H and O–H groups in total. The van der Waals surface area contributed by atoms with Crippen LogP contribution < -0.4 is 16.0 Å².